The average molecular weight is 258 g/mol. The molecule has 2 aromatic rings. The van der Waals surface area contributed by atoms with Crippen molar-refractivity contribution >= 4 is 5.82 Å². The molecule has 1 aliphatic heterocycles. The number of hydrogen-bond donors (Lipinski definition) is 0. The number of pyridine rings is 1. The second-order valence-electron chi connectivity index (χ2n) is 4.94. The van der Waals surface area contributed by atoms with Crippen LogP contribution in [0.25, 0.3) is 11.4 Å². The number of anilines is 1. The molecule has 6 nitrogen and oxygen atoms in total. The Morgan fingerprint density at radius 1 is 1.00 bits per heavy atom. The van der Waals surface area contributed by atoms with E-state index in [9.17, 15) is 0 Å². The maximum absolute atomic E-state index is 4.53. The van der Waals surface area contributed by atoms with Gasteiger partial charge in [-0.05, 0) is 19.2 Å². The van der Waals surface area contributed by atoms with Crippen molar-refractivity contribution in [1.29, 1.82) is 0 Å². The lowest BCUT2D eigenvalue weighted by Crippen LogP contribution is -2.44. The van der Waals surface area contributed by atoms with Crippen molar-refractivity contribution in [2.45, 2.75) is 0 Å². The Bertz CT molecular complexity index is 539. The first-order valence-electron chi connectivity index (χ1n) is 6.48. The minimum Gasteiger partial charge on any atom is -0.354 e. The van der Waals surface area contributed by atoms with Crippen molar-refractivity contribution in [3.8, 4) is 11.4 Å². The monoisotopic (exact) mass is 258 g/mol. The van der Waals surface area contributed by atoms with Crippen molar-refractivity contribution in [3.05, 3.63) is 24.7 Å². The molecular formula is C13H18N6. The van der Waals surface area contributed by atoms with Crippen LogP contribution in [-0.2, 0) is 7.05 Å². The van der Waals surface area contributed by atoms with Gasteiger partial charge in [-0.25, -0.2) is 9.97 Å². The van der Waals surface area contributed by atoms with Crippen molar-refractivity contribution < 1.29 is 0 Å². The predicted octanol–water partition coefficient (Wildman–Crippen LogP) is 0.629. The lowest BCUT2D eigenvalue weighted by Gasteiger charge is -2.33. The highest BCUT2D eigenvalue weighted by Crippen LogP contribution is 2.18. The van der Waals surface area contributed by atoms with Crippen LogP contribution in [0.1, 0.15) is 0 Å². The Hall–Kier alpha value is -1.95. The molecule has 0 atom stereocenters. The van der Waals surface area contributed by atoms with E-state index in [1.165, 1.54) is 0 Å². The van der Waals surface area contributed by atoms with Gasteiger partial charge in [0.05, 0.1) is 0 Å². The summed E-state index contributed by atoms with van der Waals surface area (Å²) in [6, 6.07) is 4.09. The molecule has 0 radical (unpaired) electrons. The second-order valence-corrected chi connectivity index (χ2v) is 4.94. The lowest BCUT2D eigenvalue weighted by molar-refractivity contribution is 0.312. The van der Waals surface area contributed by atoms with Gasteiger partial charge in [-0.1, -0.05) is 0 Å². The van der Waals surface area contributed by atoms with E-state index in [-0.39, 0.29) is 0 Å². The quantitative estimate of drug-likeness (QED) is 0.791. The molecule has 1 saturated heterocycles. The van der Waals surface area contributed by atoms with E-state index in [1.54, 1.807) is 11.0 Å². The van der Waals surface area contributed by atoms with Crippen LogP contribution in [0.15, 0.2) is 24.7 Å². The number of rotatable bonds is 2. The Labute approximate surface area is 112 Å². The van der Waals surface area contributed by atoms with Crippen LogP contribution in [0.4, 0.5) is 5.82 Å². The fourth-order valence-corrected chi connectivity index (χ4v) is 2.21. The third kappa shape index (κ3) is 2.58. The summed E-state index contributed by atoms with van der Waals surface area (Å²) < 4.78 is 1.70. The fraction of sp³-hybridized carbons (Fsp3) is 0.462. The van der Waals surface area contributed by atoms with Crippen LogP contribution in [0.2, 0.25) is 0 Å². The zero-order chi connectivity index (χ0) is 13.2. The van der Waals surface area contributed by atoms with E-state index >= 15 is 0 Å². The largest absolute Gasteiger partial charge is 0.354 e. The molecule has 0 bridgehead atoms. The van der Waals surface area contributed by atoms with Crippen molar-refractivity contribution in [2.75, 3.05) is 38.1 Å². The van der Waals surface area contributed by atoms with Crippen LogP contribution in [0.3, 0.4) is 0 Å². The van der Waals surface area contributed by atoms with Gasteiger partial charge in [-0.3, -0.25) is 4.68 Å². The standard InChI is InChI=1S/C13H18N6/c1-17-5-7-19(8-6-17)12-4-3-11(9-14-12)13-15-10-18(2)16-13/h3-4,9-10H,5-8H2,1-2H3. The Morgan fingerprint density at radius 3 is 2.37 bits per heavy atom. The fourth-order valence-electron chi connectivity index (χ4n) is 2.21. The molecule has 0 spiro atoms. The van der Waals surface area contributed by atoms with Crippen LogP contribution < -0.4 is 4.90 Å². The Morgan fingerprint density at radius 2 is 1.79 bits per heavy atom. The molecule has 3 rings (SSSR count). The zero-order valence-corrected chi connectivity index (χ0v) is 11.3. The maximum atomic E-state index is 4.53. The highest BCUT2D eigenvalue weighted by molar-refractivity contribution is 5.55. The Balaban J connectivity index is 1.75. The summed E-state index contributed by atoms with van der Waals surface area (Å²) in [7, 11) is 4.02. The first-order chi connectivity index (χ1) is 9.22. The van der Waals surface area contributed by atoms with Gasteiger partial charge in [0.15, 0.2) is 5.82 Å². The lowest BCUT2D eigenvalue weighted by atomic mass is 10.2. The summed E-state index contributed by atoms with van der Waals surface area (Å²) in [5, 5.41) is 4.28. The predicted molar refractivity (Wildman–Crippen MR) is 73.9 cm³/mol. The van der Waals surface area contributed by atoms with E-state index in [0.29, 0.717) is 0 Å². The van der Waals surface area contributed by atoms with E-state index in [1.807, 2.05) is 19.3 Å². The maximum Gasteiger partial charge on any atom is 0.182 e. The zero-order valence-electron chi connectivity index (χ0n) is 11.3. The van der Waals surface area contributed by atoms with Crippen molar-refractivity contribution in [1.82, 2.24) is 24.6 Å². The minimum atomic E-state index is 0.722. The summed E-state index contributed by atoms with van der Waals surface area (Å²) in [6.45, 7) is 4.24. The first-order valence-corrected chi connectivity index (χ1v) is 6.48. The SMILES string of the molecule is CN1CCN(c2ccc(-c3ncn(C)n3)cn2)CC1. The molecule has 0 aliphatic carbocycles. The van der Waals surface area contributed by atoms with Crippen LogP contribution >= 0.6 is 0 Å². The molecule has 0 N–H and O–H groups in total. The van der Waals surface area contributed by atoms with Gasteiger partial charge in [0.1, 0.15) is 12.1 Å². The molecule has 100 valence electrons. The number of aromatic nitrogens is 4. The van der Waals surface area contributed by atoms with Gasteiger partial charge in [0.25, 0.3) is 0 Å². The van der Waals surface area contributed by atoms with Gasteiger partial charge in [0, 0.05) is 45.0 Å². The minimum absolute atomic E-state index is 0.722. The van der Waals surface area contributed by atoms with Crippen LogP contribution in [0.5, 0.6) is 0 Å². The third-order valence-electron chi connectivity index (χ3n) is 3.43. The number of nitrogens with zero attached hydrogens (tertiary/aromatic N) is 6. The third-order valence-corrected chi connectivity index (χ3v) is 3.43. The topological polar surface area (TPSA) is 50.1 Å². The van der Waals surface area contributed by atoms with Crippen LogP contribution in [0, 0.1) is 0 Å². The molecule has 19 heavy (non-hydrogen) atoms. The molecular weight excluding hydrogens is 240 g/mol. The van der Waals surface area contributed by atoms with Gasteiger partial charge in [-0.15, -0.1) is 0 Å². The Kier molecular flexibility index (Phi) is 3.16. The molecule has 0 amide bonds. The highest BCUT2D eigenvalue weighted by Gasteiger charge is 2.15. The molecule has 2 aromatic heterocycles. The molecule has 6 heteroatoms. The van der Waals surface area contributed by atoms with Gasteiger partial charge < -0.3 is 9.80 Å². The van der Waals surface area contributed by atoms with E-state index in [0.717, 1.165) is 43.4 Å². The molecule has 0 aromatic carbocycles. The van der Waals surface area contributed by atoms with Gasteiger partial charge >= 0.3 is 0 Å². The van der Waals surface area contributed by atoms with Crippen molar-refractivity contribution in [2.24, 2.45) is 7.05 Å². The number of likely N-dealkylation sites (N-methyl/N-ethyl adjacent to an activating group) is 1. The highest BCUT2D eigenvalue weighted by atomic mass is 15.3. The number of aryl methyl sites for hydroxylation is 1. The van der Waals surface area contributed by atoms with E-state index < -0.39 is 0 Å². The summed E-state index contributed by atoms with van der Waals surface area (Å²) in [5.41, 5.74) is 0.957. The molecule has 0 saturated carbocycles. The summed E-state index contributed by atoms with van der Waals surface area (Å²) in [6.07, 6.45) is 3.55. The van der Waals surface area contributed by atoms with E-state index in [4.69, 9.17) is 0 Å². The normalized spacial score (nSPS) is 16.8. The molecule has 3 heterocycles. The number of hydrogen-bond acceptors (Lipinski definition) is 5. The summed E-state index contributed by atoms with van der Waals surface area (Å²) >= 11 is 0. The average Bonchev–Trinajstić information content (AvgIpc) is 2.87. The molecule has 1 fully saturated rings. The molecule has 1 aliphatic rings. The van der Waals surface area contributed by atoms with Crippen LogP contribution in [-0.4, -0.2) is 57.9 Å². The van der Waals surface area contributed by atoms with Crippen molar-refractivity contribution in [3.63, 3.8) is 0 Å². The smallest absolute Gasteiger partial charge is 0.182 e. The second kappa shape index (κ2) is 4.97. The molecule has 0 unspecified atom stereocenters. The number of piperazine rings is 1. The first kappa shape index (κ1) is 12.1. The van der Waals surface area contributed by atoms with E-state index in [2.05, 4.69) is 38.0 Å². The van der Waals surface area contributed by atoms with Gasteiger partial charge in [-0.2, -0.15) is 5.10 Å². The summed E-state index contributed by atoms with van der Waals surface area (Å²) in [4.78, 5) is 13.4. The van der Waals surface area contributed by atoms with Gasteiger partial charge in [0.2, 0.25) is 0 Å². The summed E-state index contributed by atoms with van der Waals surface area (Å²) in [5.74, 6) is 1.76.